The number of halogens is 7. The van der Waals surface area contributed by atoms with Crippen molar-refractivity contribution in [1.29, 1.82) is 0 Å². The van der Waals surface area contributed by atoms with Crippen molar-refractivity contribution in [2.75, 3.05) is 7.11 Å². The Hall–Kier alpha value is -3.24. The number of carbonyl (C=O) groups is 1. The molecule has 0 fully saturated rings. The lowest BCUT2D eigenvalue weighted by Crippen LogP contribution is -2.12. The fraction of sp³-hybridized carbons (Fsp3) is 0.250. The van der Waals surface area contributed by atoms with E-state index in [0.29, 0.717) is 16.7 Å². The first-order valence-corrected chi connectivity index (χ1v) is 8.64. The normalized spacial score (nSPS) is 12.8. The number of alkyl halides is 4. The van der Waals surface area contributed by atoms with E-state index < -0.39 is 69.4 Å². The van der Waals surface area contributed by atoms with Crippen LogP contribution in [-0.4, -0.2) is 17.6 Å². The molecule has 0 radical (unpaired) electrons. The Kier molecular flexibility index (Phi) is 5.64. The van der Waals surface area contributed by atoms with E-state index in [1.807, 2.05) is 0 Å². The number of hydrogen-bond donors (Lipinski definition) is 0. The van der Waals surface area contributed by atoms with Crippen molar-refractivity contribution in [2.24, 2.45) is 0 Å². The molecule has 1 unspecified atom stereocenters. The fourth-order valence-corrected chi connectivity index (χ4v) is 3.27. The standard InChI is InChI=1S/C20H14F7NO3/c1-8-17(31-9(2)29)11-6-12(20(25,26)27)14(22)7-15(11)28(8)19(24)10-4-5-13(21)18(30-3)16(10)23/h4-7,19H,1-3H3. The molecule has 0 aliphatic rings. The molecule has 0 saturated carbocycles. The second kappa shape index (κ2) is 7.78. The van der Waals surface area contributed by atoms with Crippen LogP contribution in [0.15, 0.2) is 24.3 Å². The molecule has 0 N–H and O–H groups in total. The van der Waals surface area contributed by atoms with Gasteiger partial charge in [0.2, 0.25) is 6.30 Å². The second-order valence-electron chi connectivity index (χ2n) is 6.54. The molecule has 1 heterocycles. The predicted octanol–water partition coefficient (Wildman–Crippen LogP) is 5.84. The summed E-state index contributed by atoms with van der Waals surface area (Å²) in [7, 11) is 0.960. The van der Waals surface area contributed by atoms with Gasteiger partial charge in [-0.1, -0.05) is 0 Å². The van der Waals surface area contributed by atoms with E-state index in [4.69, 9.17) is 4.74 Å². The van der Waals surface area contributed by atoms with Gasteiger partial charge in [0.15, 0.2) is 23.1 Å². The summed E-state index contributed by atoms with van der Waals surface area (Å²) in [6, 6.07) is 2.29. The van der Waals surface area contributed by atoms with Crippen molar-refractivity contribution in [3.05, 3.63) is 58.5 Å². The fourth-order valence-electron chi connectivity index (χ4n) is 3.27. The van der Waals surface area contributed by atoms with E-state index in [2.05, 4.69) is 4.74 Å². The number of rotatable bonds is 4. The quantitative estimate of drug-likeness (QED) is 0.372. The lowest BCUT2D eigenvalue weighted by atomic mass is 10.1. The molecule has 2 aromatic carbocycles. The summed E-state index contributed by atoms with van der Waals surface area (Å²) in [6.45, 7) is 2.16. The SMILES string of the molecule is COc1c(F)ccc(C(F)n2c(C)c(OC(C)=O)c3cc(C(F)(F)F)c(F)cc32)c1F. The number of aromatic nitrogens is 1. The summed E-state index contributed by atoms with van der Waals surface area (Å²) in [4.78, 5) is 11.4. The van der Waals surface area contributed by atoms with Gasteiger partial charge in [-0.15, -0.1) is 0 Å². The number of nitrogens with zero attached hydrogens (tertiary/aromatic N) is 1. The third kappa shape index (κ3) is 3.79. The summed E-state index contributed by atoms with van der Waals surface area (Å²) >= 11 is 0. The lowest BCUT2D eigenvalue weighted by Gasteiger charge is -2.17. The third-order valence-electron chi connectivity index (χ3n) is 4.60. The van der Waals surface area contributed by atoms with Gasteiger partial charge in [-0.25, -0.2) is 17.6 Å². The maximum absolute atomic E-state index is 15.4. The molecular weight excluding hydrogens is 435 g/mol. The smallest absolute Gasteiger partial charge is 0.419 e. The molecule has 0 saturated heterocycles. The molecule has 3 aromatic rings. The van der Waals surface area contributed by atoms with Crippen LogP contribution in [0.25, 0.3) is 10.9 Å². The van der Waals surface area contributed by atoms with E-state index in [1.54, 1.807) is 0 Å². The average molecular weight is 449 g/mol. The topological polar surface area (TPSA) is 40.5 Å². The molecule has 0 amide bonds. The van der Waals surface area contributed by atoms with Crippen molar-refractivity contribution in [3.8, 4) is 11.5 Å². The van der Waals surface area contributed by atoms with E-state index in [-0.39, 0.29) is 5.69 Å². The van der Waals surface area contributed by atoms with Gasteiger partial charge >= 0.3 is 12.1 Å². The zero-order valence-electron chi connectivity index (χ0n) is 16.2. The Balaban J connectivity index is 2.34. The van der Waals surface area contributed by atoms with Crippen molar-refractivity contribution in [3.63, 3.8) is 0 Å². The number of fused-ring (bicyclic) bond motifs is 1. The Bertz CT molecular complexity index is 1180. The highest BCUT2D eigenvalue weighted by atomic mass is 19.4. The third-order valence-corrected chi connectivity index (χ3v) is 4.60. The van der Waals surface area contributed by atoms with Crippen molar-refractivity contribution >= 4 is 16.9 Å². The molecule has 0 aliphatic heterocycles. The van der Waals surface area contributed by atoms with Crippen molar-refractivity contribution < 1.29 is 45.0 Å². The molecule has 1 aromatic heterocycles. The molecule has 3 rings (SSSR count). The highest BCUT2D eigenvalue weighted by molar-refractivity contribution is 5.91. The van der Waals surface area contributed by atoms with E-state index in [0.717, 1.165) is 26.2 Å². The molecule has 0 spiro atoms. The van der Waals surface area contributed by atoms with E-state index in [9.17, 15) is 31.1 Å². The van der Waals surface area contributed by atoms with Crippen LogP contribution in [0.4, 0.5) is 30.7 Å². The van der Waals surface area contributed by atoms with Crippen LogP contribution in [0, 0.1) is 24.4 Å². The summed E-state index contributed by atoms with van der Waals surface area (Å²) < 4.78 is 108. The van der Waals surface area contributed by atoms with Crippen LogP contribution in [0.2, 0.25) is 0 Å². The first kappa shape index (κ1) is 22.4. The van der Waals surface area contributed by atoms with Gasteiger partial charge in [-0.3, -0.25) is 4.79 Å². The van der Waals surface area contributed by atoms with Crippen LogP contribution in [0.5, 0.6) is 11.5 Å². The highest BCUT2D eigenvalue weighted by Gasteiger charge is 2.36. The summed E-state index contributed by atoms with van der Waals surface area (Å²) in [5, 5.41) is -0.418. The summed E-state index contributed by atoms with van der Waals surface area (Å²) in [5.41, 5.74) is -3.04. The van der Waals surface area contributed by atoms with Crippen molar-refractivity contribution in [1.82, 2.24) is 4.57 Å². The Morgan fingerprint density at radius 3 is 2.26 bits per heavy atom. The maximum atomic E-state index is 15.4. The predicted molar refractivity (Wildman–Crippen MR) is 95.1 cm³/mol. The van der Waals surface area contributed by atoms with Crippen LogP contribution in [-0.2, 0) is 11.0 Å². The van der Waals surface area contributed by atoms with Crippen LogP contribution >= 0.6 is 0 Å². The highest BCUT2D eigenvalue weighted by Crippen LogP contribution is 2.43. The number of methoxy groups -OCH3 is 1. The van der Waals surface area contributed by atoms with Gasteiger partial charge in [0.1, 0.15) is 5.82 Å². The number of carbonyl (C=O) groups excluding carboxylic acids is 1. The number of esters is 1. The number of benzene rings is 2. The van der Waals surface area contributed by atoms with Gasteiger partial charge in [-0.05, 0) is 31.2 Å². The molecule has 4 nitrogen and oxygen atoms in total. The molecule has 0 bridgehead atoms. The minimum Gasteiger partial charge on any atom is -0.491 e. The van der Waals surface area contributed by atoms with E-state index in [1.165, 1.54) is 6.92 Å². The first-order chi connectivity index (χ1) is 14.4. The Labute approximate surface area is 170 Å². The molecule has 31 heavy (non-hydrogen) atoms. The van der Waals surface area contributed by atoms with E-state index >= 15 is 4.39 Å². The Morgan fingerprint density at radius 1 is 1.06 bits per heavy atom. The summed E-state index contributed by atoms with van der Waals surface area (Å²) in [5.74, 6) is -6.46. The Morgan fingerprint density at radius 2 is 1.71 bits per heavy atom. The molecule has 1 atom stereocenters. The molecule has 11 heteroatoms. The molecule has 0 aliphatic carbocycles. The zero-order valence-corrected chi connectivity index (χ0v) is 16.2. The first-order valence-electron chi connectivity index (χ1n) is 8.64. The molecular formula is C20H14F7NO3. The van der Waals surface area contributed by atoms with Gasteiger partial charge in [-0.2, -0.15) is 13.2 Å². The minimum atomic E-state index is -5.08. The van der Waals surface area contributed by atoms with Gasteiger partial charge in [0.05, 0.1) is 23.9 Å². The minimum absolute atomic E-state index is 0.223. The monoisotopic (exact) mass is 449 g/mol. The van der Waals surface area contributed by atoms with Gasteiger partial charge in [0, 0.05) is 17.9 Å². The zero-order chi connectivity index (χ0) is 23.2. The number of ether oxygens (including phenoxy) is 2. The van der Waals surface area contributed by atoms with Gasteiger partial charge in [0.25, 0.3) is 0 Å². The second-order valence-corrected chi connectivity index (χ2v) is 6.54. The molecule has 166 valence electrons. The summed E-state index contributed by atoms with van der Waals surface area (Å²) in [6.07, 6.45) is -7.52. The maximum Gasteiger partial charge on any atom is 0.419 e. The van der Waals surface area contributed by atoms with Gasteiger partial charge < -0.3 is 14.0 Å². The largest absolute Gasteiger partial charge is 0.491 e. The average Bonchev–Trinajstić information content (AvgIpc) is 2.90. The van der Waals surface area contributed by atoms with Crippen molar-refractivity contribution in [2.45, 2.75) is 26.3 Å². The number of hydrogen-bond acceptors (Lipinski definition) is 3. The van der Waals surface area contributed by atoms with Crippen LogP contribution < -0.4 is 9.47 Å². The van der Waals surface area contributed by atoms with Crippen LogP contribution in [0.1, 0.15) is 30.0 Å². The lowest BCUT2D eigenvalue weighted by molar-refractivity contribution is -0.139. The van der Waals surface area contributed by atoms with Crippen LogP contribution in [0.3, 0.4) is 0 Å².